The Balaban J connectivity index is 1.57. The molecule has 136 valence electrons. The topological polar surface area (TPSA) is 88.9 Å². The number of hydrogen-bond donors (Lipinski definition) is 1. The van der Waals surface area contributed by atoms with Crippen LogP contribution >= 0.6 is 0 Å². The number of anilines is 1. The van der Waals surface area contributed by atoms with Crippen LogP contribution in [-0.2, 0) is 4.79 Å². The number of nitriles is 1. The fraction of sp³-hybridized carbons (Fsp3) is 0.579. The van der Waals surface area contributed by atoms with Crippen molar-refractivity contribution in [2.24, 2.45) is 10.8 Å². The van der Waals surface area contributed by atoms with E-state index >= 15 is 0 Å². The fourth-order valence-electron chi connectivity index (χ4n) is 4.96. The van der Waals surface area contributed by atoms with Crippen molar-refractivity contribution in [3.05, 3.63) is 18.6 Å². The van der Waals surface area contributed by atoms with Crippen molar-refractivity contribution < 1.29 is 4.79 Å². The molecule has 1 aliphatic heterocycles. The van der Waals surface area contributed by atoms with Gasteiger partial charge in [0.05, 0.1) is 11.5 Å². The summed E-state index contributed by atoms with van der Waals surface area (Å²) in [6.07, 6.45) is 5.48. The number of aromatic amines is 1. The fourth-order valence-corrected chi connectivity index (χ4v) is 4.96. The molecule has 0 unspecified atom stereocenters. The molecule has 2 aromatic rings. The van der Waals surface area contributed by atoms with Gasteiger partial charge in [-0.05, 0) is 29.7 Å². The van der Waals surface area contributed by atoms with Gasteiger partial charge in [-0.2, -0.15) is 5.26 Å². The second-order valence-electron chi connectivity index (χ2n) is 8.32. The molecule has 2 aliphatic rings. The lowest BCUT2D eigenvalue weighted by Gasteiger charge is -2.31. The summed E-state index contributed by atoms with van der Waals surface area (Å²) in [5.74, 6) is 0.907. The molecule has 4 rings (SSSR count). The minimum atomic E-state index is -0.0425. The van der Waals surface area contributed by atoms with Gasteiger partial charge in [-0.25, -0.2) is 9.97 Å². The van der Waals surface area contributed by atoms with E-state index in [1.54, 1.807) is 6.33 Å². The number of likely N-dealkylation sites (tertiary alicyclic amines) is 1. The summed E-state index contributed by atoms with van der Waals surface area (Å²) >= 11 is 0. The monoisotopic (exact) mass is 352 g/mol. The normalized spacial score (nSPS) is 30.4. The lowest BCUT2D eigenvalue weighted by molar-refractivity contribution is -0.129. The number of rotatable bonds is 3. The van der Waals surface area contributed by atoms with Gasteiger partial charge in [-0.1, -0.05) is 13.8 Å². The average molecular weight is 352 g/mol. The predicted molar refractivity (Wildman–Crippen MR) is 98.3 cm³/mol. The standard InChI is InChI=1S/C19H24N6O/c1-18-8-13(9-19(18,2)11-25(10-18)15(26)4-6-20)24(3)17-14-5-7-21-16(14)22-12-23-17/h5,7,12-13H,4,8-11H2,1-3H3,(H,21,22,23)/t13-,18+,19-. The van der Waals surface area contributed by atoms with Crippen molar-refractivity contribution in [1.29, 1.82) is 5.26 Å². The molecule has 3 heterocycles. The highest BCUT2D eigenvalue weighted by Gasteiger charge is 2.59. The number of aromatic nitrogens is 3. The number of carbonyl (C=O) groups is 1. The Kier molecular flexibility index (Phi) is 3.69. The molecule has 26 heavy (non-hydrogen) atoms. The van der Waals surface area contributed by atoms with Gasteiger partial charge in [-0.15, -0.1) is 0 Å². The van der Waals surface area contributed by atoms with Crippen LogP contribution in [0.1, 0.15) is 33.1 Å². The molecule has 1 amide bonds. The zero-order chi connectivity index (χ0) is 18.5. The van der Waals surface area contributed by atoms with E-state index in [1.165, 1.54) is 0 Å². The number of nitrogens with zero attached hydrogens (tertiary/aromatic N) is 5. The summed E-state index contributed by atoms with van der Waals surface area (Å²) in [4.78, 5) is 28.3. The number of fused-ring (bicyclic) bond motifs is 2. The minimum Gasteiger partial charge on any atom is -0.356 e. The predicted octanol–water partition coefficient (Wildman–Crippen LogP) is 2.32. The summed E-state index contributed by atoms with van der Waals surface area (Å²) in [5, 5.41) is 9.85. The Morgan fingerprint density at radius 3 is 2.73 bits per heavy atom. The summed E-state index contributed by atoms with van der Waals surface area (Å²) in [6, 6.07) is 4.36. The van der Waals surface area contributed by atoms with E-state index in [-0.39, 0.29) is 23.2 Å². The SMILES string of the molecule is CN(c1ncnc2[nH]ccc12)[C@@H]1C[C@@]2(C)CN(C(=O)CC#N)C[C@@]2(C)C1. The molecule has 7 nitrogen and oxygen atoms in total. The maximum Gasteiger partial charge on any atom is 0.236 e. The Morgan fingerprint density at radius 2 is 2.08 bits per heavy atom. The van der Waals surface area contributed by atoms with Crippen molar-refractivity contribution in [2.45, 2.75) is 39.2 Å². The second-order valence-corrected chi connectivity index (χ2v) is 8.32. The molecular formula is C19H24N6O. The molecule has 2 fully saturated rings. The molecule has 1 aliphatic carbocycles. The molecular weight excluding hydrogens is 328 g/mol. The first-order valence-electron chi connectivity index (χ1n) is 9.02. The number of hydrogen-bond acceptors (Lipinski definition) is 5. The van der Waals surface area contributed by atoms with Gasteiger partial charge in [0.1, 0.15) is 24.2 Å². The minimum absolute atomic E-state index is 0.0259. The molecule has 0 spiro atoms. The summed E-state index contributed by atoms with van der Waals surface area (Å²) in [7, 11) is 2.10. The number of nitrogens with one attached hydrogen (secondary N) is 1. The highest BCUT2D eigenvalue weighted by Crippen LogP contribution is 2.58. The van der Waals surface area contributed by atoms with E-state index in [2.05, 4.69) is 40.7 Å². The molecule has 7 heteroatoms. The highest BCUT2D eigenvalue weighted by atomic mass is 16.2. The quantitative estimate of drug-likeness (QED) is 0.916. The van der Waals surface area contributed by atoms with Gasteiger partial charge in [0.25, 0.3) is 0 Å². The van der Waals surface area contributed by atoms with Crippen LogP contribution in [0.25, 0.3) is 11.0 Å². The molecule has 0 aromatic carbocycles. The van der Waals surface area contributed by atoms with Crippen LogP contribution < -0.4 is 4.90 Å². The summed E-state index contributed by atoms with van der Waals surface area (Å²) in [6.45, 7) is 6.04. The summed E-state index contributed by atoms with van der Waals surface area (Å²) in [5.41, 5.74) is 0.966. The molecule has 2 aromatic heterocycles. The number of carbonyl (C=O) groups excluding carboxylic acids is 1. The Hall–Kier alpha value is -2.62. The molecule has 3 atom stereocenters. The zero-order valence-corrected chi connectivity index (χ0v) is 15.5. The van der Waals surface area contributed by atoms with Crippen LogP contribution in [-0.4, -0.2) is 51.9 Å². The van der Waals surface area contributed by atoms with Gasteiger partial charge in [0.15, 0.2) is 0 Å². The van der Waals surface area contributed by atoms with E-state index in [9.17, 15) is 4.79 Å². The van der Waals surface area contributed by atoms with Crippen LogP contribution in [0.15, 0.2) is 18.6 Å². The molecule has 1 saturated carbocycles. The Morgan fingerprint density at radius 1 is 1.38 bits per heavy atom. The van der Waals surface area contributed by atoms with E-state index in [4.69, 9.17) is 5.26 Å². The largest absolute Gasteiger partial charge is 0.356 e. The van der Waals surface area contributed by atoms with Crippen molar-refractivity contribution in [1.82, 2.24) is 19.9 Å². The van der Waals surface area contributed by atoms with E-state index < -0.39 is 0 Å². The third-order valence-corrected chi connectivity index (χ3v) is 6.71. The first kappa shape index (κ1) is 16.8. The van der Waals surface area contributed by atoms with E-state index in [0.29, 0.717) is 6.04 Å². The first-order chi connectivity index (χ1) is 12.4. The highest BCUT2D eigenvalue weighted by molar-refractivity contribution is 5.87. The second kappa shape index (κ2) is 5.70. The van der Waals surface area contributed by atoms with Crippen molar-refractivity contribution in [2.75, 3.05) is 25.0 Å². The lowest BCUT2D eigenvalue weighted by Crippen LogP contribution is -2.36. The number of H-pyrrole nitrogens is 1. The molecule has 0 bridgehead atoms. The van der Waals surface area contributed by atoms with Gasteiger partial charge in [-0.3, -0.25) is 4.79 Å². The van der Waals surface area contributed by atoms with Crippen LogP contribution in [0.3, 0.4) is 0 Å². The molecule has 1 N–H and O–H groups in total. The van der Waals surface area contributed by atoms with E-state index in [0.717, 1.165) is 42.8 Å². The van der Waals surface area contributed by atoms with Crippen LogP contribution in [0.5, 0.6) is 0 Å². The maximum atomic E-state index is 12.2. The maximum absolute atomic E-state index is 12.2. The van der Waals surface area contributed by atoms with Crippen LogP contribution in [0.2, 0.25) is 0 Å². The van der Waals surface area contributed by atoms with E-state index in [1.807, 2.05) is 23.2 Å². The third kappa shape index (κ3) is 2.36. The summed E-state index contributed by atoms with van der Waals surface area (Å²) < 4.78 is 0. The van der Waals surface area contributed by atoms with Crippen molar-refractivity contribution in [3.63, 3.8) is 0 Å². The molecule has 1 saturated heterocycles. The smallest absolute Gasteiger partial charge is 0.236 e. The van der Waals surface area contributed by atoms with Gasteiger partial charge in [0.2, 0.25) is 5.91 Å². The van der Waals surface area contributed by atoms with Crippen LogP contribution in [0.4, 0.5) is 5.82 Å². The van der Waals surface area contributed by atoms with Crippen LogP contribution in [0, 0.1) is 22.2 Å². The first-order valence-corrected chi connectivity index (χ1v) is 9.02. The average Bonchev–Trinajstić information content (AvgIpc) is 3.23. The van der Waals surface area contributed by atoms with Crippen molar-refractivity contribution in [3.8, 4) is 6.07 Å². The third-order valence-electron chi connectivity index (χ3n) is 6.71. The molecule has 0 radical (unpaired) electrons. The zero-order valence-electron chi connectivity index (χ0n) is 15.5. The lowest BCUT2D eigenvalue weighted by atomic mass is 9.71. The van der Waals surface area contributed by atoms with Crippen molar-refractivity contribution >= 4 is 22.8 Å². The van der Waals surface area contributed by atoms with Gasteiger partial charge < -0.3 is 14.8 Å². The van der Waals surface area contributed by atoms with Gasteiger partial charge >= 0.3 is 0 Å². The van der Waals surface area contributed by atoms with Gasteiger partial charge in [0, 0.05) is 32.4 Å². The number of amides is 1. The Bertz CT molecular complexity index is 881. The Labute approximate surface area is 153 Å².